The highest BCUT2D eigenvalue weighted by Gasteiger charge is 2.48. The van der Waals surface area contributed by atoms with Crippen LogP contribution in [-0.2, 0) is 0 Å². The lowest BCUT2D eigenvalue weighted by atomic mass is 9.81. The molecule has 0 spiro atoms. The van der Waals surface area contributed by atoms with Crippen molar-refractivity contribution in [3.63, 3.8) is 0 Å². The van der Waals surface area contributed by atoms with Gasteiger partial charge in [0.05, 0.1) is 0 Å². The standard InChI is InChI=1S/C14H26/c1-3-5-9-13-12(4-2)14(13)10-11-7-6-8-11/h11-14H,3-10H2,1-2H3. The van der Waals surface area contributed by atoms with E-state index in [1.807, 2.05) is 0 Å². The van der Waals surface area contributed by atoms with E-state index in [9.17, 15) is 0 Å². The molecule has 2 aliphatic carbocycles. The number of unbranched alkanes of at least 4 members (excludes halogenated alkanes) is 1. The minimum Gasteiger partial charge on any atom is -0.0654 e. The predicted molar refractivity (Wildman–Crippen MR) is 62.2 cm³/mol. The fourth-order valence-electron chi connectivity index (χ4n) is 3.46. The van der Waals surface area contributed by atoms with Gasteiger partial charge in [0.25, 0.3) is 0 Å². The summed E-state index contributed by atoms with van der Waals surface area (Å²) in [6.45, 7) is 4.72. The SMILES string of the molecule is CCCCC1C(CC)C1CC1CCC1. The van der Waals surface area contributed by atoms with Gasteiger partial charge in [0.2, 0.25) is 0 Å². The molecule has 0 nitrogen and oxygen atoms in total. The summed E-state index contributed by atoms with van der Waals surface area (Å²) >= 11 is 0. The second-order valence-corrected chi connectivity index (χ2v) is 5.57. The first-order valence-electron chi connectivity index (χ1n) is 6.86. The summed E-state index contributed by atoms with van der Waals surface area (Å²) in [6.07, 6.45) is 12.1. The van der Waals surface area contributed by atoms with Gasteiger partial charge in [0.15, 0.2) is 0 Å². The van der Waals surface area contributed by atoms with Crippen LogP contribution in [-0.4, -0.2) is 0 Å². The molecule has 2 fully saturated rings. The summed E-state index contributed by atoms with van der Waals surface area (Å²) in [6, 6.07) is 0. The van der Waals surface area contributed by atoms with E-state index in [4.69, 9.17) is 0 Å². The van der Waals surface area contributed by atoms with Crippen molar-refractivity contribution in [2.24, 2.45) is 23.7 Å². The van der Waals surface area contributed by atoms with Crippen LogP contribution in [0, 0.1) is 23.7 Å². The third-order valence-electron chi connectivity index (χ3n) is 4.70. The molecule has 0 aromatic carbocycles. The molecule has 0 saturated heterocycles. The van der Waals surface area contributed by atoms with Crippen LogP contribution in [0.2, 0.25) is 0 Å². The smallest absolute Gasteiger partial charge is 0.0349 e. The van der Waals surface area contributed by atoms with Gasteiger partial charge in [-0.25, -0.2) is 0 Å². The quantitative estimate of drug-likeness (QED) is 0.578. The first-order chi connectivity index (χ1) is 6.86. The van der Waals surface area contributed by atoms with Crippen LogP contribution in [0.15, 0.2) is 0 Å². The second-order valence-electron chi connectivity index (χ2n) is 5.57. The summed E-state index contributed by atoms with van der Waals surface area (Å²) in [4.78, 5) is 0. The molecule has 0 radical (unpaired) electrons. The van der Waals surface area contributed by atoms with Gasteiger partial charge in [-0.15, -0.1) is 0 Å². The maximum atomic E-state index is 2.39. The van der Waals surface area contributed by atoms with Crippen molar-refractivity contribution in [1.82, 2.24) is 0 Å². The van der Waals surface area contributed by atoms with Crippen LogP contribution in [0.3, 0.4) is 0 Å². The summed E-state index contributed by atoms with van der Waals surface area (Å²) < 4.78 is 0. The Bertz CT molecular complexity index is 169. The third-order valence-corrected chi connectivity index (χ3v) is 4.70. The molecular formula is C14H26. The molecular weight excluding hydrogens is 168 g/mol. The number of hydrogen-bond donors (Lipinski definition) is 0. The molecule has 0 amide bonds. The fraction of sp³-hybridized carbons (Fsp3) is 1.00. The summed E-state index contributed by atoms with van der Waals surface area (Å²) in [5.41, 5.74) is 0. The summed E-state index contributed by atoms with van der Waals surface area (Å²) in [5, 5.41) is 0. The lowest BCUT2D eigenvalue weighted by Crippen LogP contribution is -2.12. The lowest BCUT2D eigenvalue weighted by molar-refractivity contribution is 0.273. The van der Waals surface area contributed by atoms with Crippen LogP contribution in [0.5, 0.6) is 0 Å². The van der Waals surface area contributed by atoms with Gasteiger partial charge in [-0.2, -0.15) is 0 Å². The maximum Gasteiger partial charge on any atom is -0.0349 e. The Morgan fingerprint density at radius 3 is 2.29 bits per heavy atom. The lowest BCUT2D eigenvalue weighted by Gasteiger charge is -2.25. The first kappa shape index (κ1) is 10.5. The highest BCUT2D eigenvalue weighted by atomic mass is 14.5. The zero-order chi connectivity index (χ0) is 9.97. The minimum atomic E-state index is 1.13. The highest BCUT2D eigenvalue weighted by Crippen LogP contribution is 2.56. The van der Waals surface area contributed by atoms with Crippen molar-refractivity contribution in [2.45, 2.75) is 65.2 Å². The Kier molecular flexibility index (Phi) is 3.52. The monoisotopic (exact) mass is 194 g/mol. The van der Waals surface area contributed by atoms with Gasteiger partial charge in [0.1, 0.15) is 0 Å². The highest BCUT2D eigenvalue weighted by molar-refractivity contribution is 4.97. The van der Waals surface area contributed by atoms with Gasteiger partial charge in [0, 0.05) is 0 Å². The Labute approximate surface area is 89.5 Å². The van der Waals surface area contributed by atoms with Crippen LogP contribution >= 0.6 is 0 Å². The average molecular weight is 194 g/mol. The van der Waals surface area contributed by atoms with Crippen molar-refractivity contribution in [2.75, 3.05) is 0 Å². The molecule has 0 heteroatoms. The fourth-order valence-corrected chi connectivity index (χ4v) is 3.46. The molecule has 0 aromatic rings. The van der Waals surface area contributed by atoms with Crippen molar-refractivity contribution in [3.8, 4) is 0 Å². The molecule has 3 unspecified atom stereocenters. The molecule has 0 N–H and O–H groups in total. The molecule has 0 heterocycles. The molecule has 2 aliphatic rings. The van der Waals surface area contributed by atoms with Gasteiger partial charge in [-0.05, 0) is 36.5 Å². The zero-order valence-electron chi connectivity index (χ0n) is 9.97. The van der Waals surface area contributed by atoms with E-state index in [1.54, 1.807) is 19.3 Å². The maximum absolute atomic E-state index is 2.39. The molecule has 3 atom stereocenters. The van der Waals surface area contributed by atoms with E-state index in [0.717, 1.165) is 23.7 Å². The van der Waals surface area contributed by atoms with Gasteiger partial charge in [-0.3, -0.25) is 0 Å². The third kappa shape index (κ3) is 2.15. The van der Waals surface area contributed by atoms with E-state index < -0.39 is 0 Å². The summed E-state index contributed by atoms with van der Waals surface area (Å²) in [7, 11) is 0. The number of hydrogen-bond acceptors (Lipinski definition) is 0. The topological polar surface area (TPSA) is 0 Å². The van der Waals surface area contributed by atoms with Gasteiger partial charge < -0.3 is 0 Å². The van der Waals surface area contributed by atoms with Crippen LogP contribution in [0.4, 0.5) is 0 Å². The minimum absolute atomic E-state index is 1.13. The Morgan fingerprint density at radius 1 is 1.00 bits per heavy atom. The van der Waals surface area contributed by atoms with E-state index >= 15 is 0 Å². The average Bonchev–Trinajstić information content (AvgIpc) is 2.80. The molecule has 2 saturated carbocycles. The van der Waals surface area contributed by atoms with Crippen LogP contribution < -0.4 is 0 Å². The van der Waals surface area contributed by atoms with E-state index in [2.05, 4.69) is 13.8 Å². The predicted octanol–water partition coefficient (Wildman–Crippen LogP) is 4.64. The van der Waals surface area contributed by atoms with Gasteiger partial charge >= 0.3 is 0 Å². The van der Waals surface area contributed by atoms with Crippen molar-refractivity contribution >= 4 is 0 Å². The van der Waals surface area contributed by atoms with E-state index in [1.165, 1.54) is 32.1 Å². The van der Waals surface area contributed by atoms with Crippen molar-refractivity contribution in [3.05, 3.63) is 0 Å². The largest absolute Gasteiger partial charge is 0.0654 e. The molecule has 0 aliphatic heterocycles. The molecule has 82 valence electrons. The van der Waals surface area contributed by atoms with E-state index in [0.29, 0.717) is 0 Å². The Hall–Kier alpha value is 0. The van der Waals surface area contributed by atoms with Crippen molar-refractivity contribution in [1.29, 1.82) is 0 Å². The van der Waals surface area contributed by atoms with Crippen LogP contribution in [0.25, 0.3) is 0 Å². The Balaban J connectivity index is 1.69. The molecule has 0 bridgehead atoms. The zero-order valence-corrected chi connectivity index (χ0v) is 9.97. The first-order valence-corrected chi connectivity index (χ1v) is 6.86. The summed E-state index contributed by atoms with van der Waals surface area (Å²) in [5.74, 6) is 4.56. The second kappa shape index (κ2) is 4.68. The van der Waals surface area contributed by atoms with Crippen LogP contribution in [0.1, 0.15) is 65.2 Å². The number of rotatable bonds is 6. The Morgan fingerprint density at radius 2 is 1.79 bits per heavy atom. The normalized spacial score (nSPS) is 36.9. The molecule has 2 rings (SSSR count). The van der Waals surface area contributed by atoms with Gasteiger partial charge in [-0.1, -0.05) is 52.4 Å². The molecule has 14 heavy (non-hydrogen) atoms. The molecule has 0 aromatic heterocycles. The van der Waals surface area contributed by atoms with Crippen molar-refractivity contribution < 1.29 is 0 Å². The van der Waals surface area contributed by atoms with E-state index in [-0.39, 0.29) is 0 Å².